The van der Waals surface area contributed by atoms with Crippen molar-refractivity contribution in [1.29, 1.82) is 0 Å². The van der Waals surface area contributed by atoms with Crippen molar-refractivity contribution in [2.75, 3.05) is 6.54 Å². The second-order valence-electron chi connectivity index (χ2n) is 15.1. The van der Waals surface area contributed by atoms with Gasteiger partial charge in [0.15, 0.2) is 5.60 Å². The van der Waals surface area contributed by atoms with Gasteiger partial charge >= 0.3 is 0 Å². The van der Waals surface area contributed by atoms with Gasteiger partial charge in [0.25, 0.3) is 5.24 Å². The summed E-state index contributed by atoms with van der Waals surface area (Å²) in [5.41, 5.74) is 5.49. The number of carbonyl (C=O) groups excluding carboxylic acids is 1. The standard InChI is InChI=1S/C48H43N5O3S/c1-3-33(30-52-31-45(50-51-52)48(55,36-13-7-4-8-14-36)37-15-9-5-10-16-37)35-25-26-53-44(28-35)46(57-47(53)54)41-29-43(49-42-24-19-32(2)27-40(41)42)34-20-22-39(23-21-34)56-38-17-11-6-12-18-38/h3-24,27,29,31,33,35,44,46,55H,1,25-26,28,30H2,2H3/t33-,35-,44-,46-/m0/s1. The van der Waals surface area contributed by atoms with Crippen LogP contribution in [0, 0.1) is 18.8 Å². The van der Waals surface area contributed by atoms with Crippen LogP contribution in [0.2, 0.25) is 0 Å². The van der Waals surface area contributed by atoms with Crippen LogP contribution in [0.5, 0.6) is 11.5 Å². The van der Waals surface area contributed by atoms with Crippen LogP contribution in [0.1, 0.15) is 46.0 Å². The molecule has 57 heavy (non-hydrogen) atoms. The first-order valence-corrected chi connectivity index (χ1v) is 20.3. The minimum Gasteiger partial charge on any atom is -0.457 e. The number of rotatable bonds is 11. The van der Waals surface area contributed by atoms with Crippen LogP contribution in [0.3, 0.4) is 0 Å². The number of benzene rings is 5. The predicted molar refractivity (Wildman–Crippen MR) is 226 cm³/mol. The molecule has 8 nitrogen and oxygen atoms in total. The number of hydrogen-bond acceptors (Lipinski definition) is 7. The van der Waals surface area contributed by atoms with Gasteiger partial charge in [0.2, 0.25) is 0 Å². The van der Waals surface area contributed by atoms with Crippen molar-refractivity contribution in [1.82, 2.24) is 24.9 Å². The summed E-state index contributed by atoms with van der Waals surface area (Å²) in [6.45, 7) is 7.62. The molecule has 2 aliphatic rings. The van der Waals surface area contributed by atoms with Crippen LogP contribution in [-0.4, -0.2) is 47.8 Å². The van der Waals surface area contributed by atoms with Gasteiger partial charge in [0, 0.05) is 30.1 Å². The molecule has 2 fully saturated rings. The van der Waals surface area contributed by atoms with E-state index in [0.717, 1.165) is 68.8 Å². The summed E-state index contributed by atoms with van der Waals surface area (Å²) in [7, 11) is 0. The fourth-order valence-electron chi connectivity index (χ4n) is 8.53. The molecule has 0 unspecified atom stereocenters. The highest BCUT2D eigenvalue weighted by Crippen LogP contribution is 2.51. The number of ether oxygens (including phenoxy) is 1. The third-order valence-corrected chi connectivity index (χ3v) is 12.8. The Bertz CT molecular complexity index is 2490. The molecule has 0 saturated carbocycles. The van der Waals surface area contributed by atoms with Gasteiger partial charge in [0.1, 0.15) is 17.2 Å². The number of aliphatic hydroxyl groups is 1. The molecule has 1 amide bonds. The SMILES string of the molecule is C=C[C@@H](Cn1cc(C(O)(c2ccccc2)c2ccccc2)nn1)[C@H]1CCN2C(=O)S[C@@H](c3cc(-c4ccc(Oc5ccccc5)cc4)nc4ccc(C)cc34)[C@@H]2C1. The third-order valence-electron chi connectivity index (χ3n) is 11.5. The molecule has 0 aliphatic carbocycles. The van der Waals surface area contributed by atoms with Crippen molar-refractivity contribution in [2.24, 2.45) is 11.8 Å². The molecule has 9 heteroatoms. The van der Waals surface area contributed by atoms with E-state index in [1.54, 1.807) is 0 Å². The van der Waals surface area contributed by atoms with Gasteiger partial charge in [-0.15, -0.1) is 11.7 Å². The van der Waals surface area contributed by atoms with Crippen molar-refractivity contribution in [3.8, 4) is 22.8 Å². The molecule has 1 N–H and O–H groups in total. The lowest BCUT2D eigenvalue weighted by Crippen LogP contribution is -2.43. The molecule has 2 aromatic heterocycles. The van der Waals surface area contributed by atoms with Crippen LogP contribution in [0.4, 0.5) is 4.79 Å². The number of thioether (sulfide) groups is 1. The summed E-state index contributed by atoms with van der Waals surface area (Å²) in [5.74, 6) is 1.88. The van der Waals surface area contributed by atoms with E-state index in [2.05, 4.69) is 53.0 Å². The Morgan fingerprint density at radius 2 is 1.56 bits per heavy atom. The van der Waals surface area contributed by atoms with Crippen LogP contribution in [-0.2, 0) is 12.1 Å². The normalized spacial score (nSPS) is 18.7. The maximum atomic E-state index is 13.7. The monoisotopic (exact) mass is 769 g/mol. The van der Waals surface area contributed by atoms with Crippen LogP contribution in [0.25, 0.3) is 22.2 Å². The number of aryl methyl sites for hydroxylation is 1. The molecule has 4 atom stereocenters. The first kappa shape index (κ1) is 36.6. The molecule has 0 spiro atoms. The van der Waals surface area contributed by atoms with Crippen LogP contribution < -0.4 is 4.74 Å². The Balaban J connectivity index is 0.990. The van der Waals surface area contributed by atoms with Gasteiger partial charge < -0.3 is 14.7 Å². The molecule has 0 radical (unpaired) electrons. The first-order chi connectivity index (χ1) is 27.9. The third kappa shape index (κ3) is 7.13. The molecular formula is C48H43N5O3S. The summed E-state index contributed by atoms with van der Waals surface area (Å²) in [4.78, 5) is 20.9. The zero-order valence-electron chi connectivity index (χ0n) is 31.7. The lowest BCUT2D eigenvalue weighted by Gasteiger charge is -2.39. The largest absolute Gasteiger partial charge is 0.457 e. The quantitative estimate of drug-likeness (QED) is 0.131. The first-order valence-electron chi connectivity index (χ1n) is 19.5. The minimum absolute atomic E-state index is 0.0110. The fourth-order valence-corrected chi connectivity index (χ4v) is 9.84. The maximum Gasteiger partial charge on any atom is 0.282 e. The molecule has 7 aromatic rings. The molecule has 4 heterocycles. The summed E-state index contributed by atoms with van der Waals surface area (Å²) in [6.07, 6.45) is 5.58. The lowest BCUT2D eigenvalue weighted by molar-refractivity contribution is 0.120. The molecule has 0 bridgehead atoms. The zero-order chi connectivity index (χ0) is 38.9. The van der Waals surface area contributed by atoms with Crippen molar-refractivity contribution in [3.05, 3.63) is 186 Å². The average Bonchev–Trinajstić information content (AvgIpc) is 3.87. The molecule has 5 aromatic carbocycles. The Labute approximate surface area is 336 Å². The van der Waals surface area contributed by atoms with E-state index < -0.39 is 5.60 Å². The second kappa shape index (κ2) is 15.5. The average molecular weight is 770 g/mol. The van der Waals surface area contributed by atoms with E-state index >= 15 is 0 Å². The summed E-state index contributed by atoms with van der Waals surface area (Å²) < 4.78 is 7.90. The summed E-state index contributed by atoms with van der Waals surface area (Å²) in [6, 6.07) is 45.6. The zero-order valence-corrected chi connectivity index (χ0v) is 32.5. The van der Waals surface area contributed by atoms with Gasteiger partial charge in [-0.25, -0.2) is 4.98 Å². The van der Waals surface area contributed by atoms with Crippen LogP contribution in [0.15, 0.2) is 158 Å². The number of pyridine rings is 1. The lowest BCUT2D eigenvalue weighted by atomic mass is 9.79. The molecule has 284 valence electrons. The number of piperidine rings is 1. The van der Waals surface area contributed by atoms with Crippen molar-refractivity contribution in [2.45, 2.75) is 43.2 Å². The Morgan fingerprint density at radius 1 is 0.895 bits per heavy atom. The van der Waals surface area contributed by atoms with E-state index in [1.165, 1.54) is 11.8 Å². The number of aromatic nitrogens is 4. The van der Waals surface area contributed by atoms with E-state index in [9.17, 15) is 9.90 Å². The smallest absolute Gasteiger partial charge is 0.282 e. The number of nitrogens with zero attached hydrogens (tertiary/aromatic N) is 5. The van der Waals surface area contributed by atoms with Crippen molar-refractivity contribution >= 4 is 27.9 Å². The summed E-state index contributed by atoms with van der Waals surface area (Å²) in [5, 5.41) is 22.5. The fraction of sp³-hybridized carbons (Fsp3) is 0.208. The number of allylic oxidation sites excluding steroid dienone is 1. The highest BCUT2D eigenvalue weighted by molar-refractivity contribution is 8.14. The predicted octanol–water partition coefficient (Wildman–Crippen LogP) is 10.4. The molecule has 2 aliphatic heterocycles. The van der Waals surface area contributed by atoms with E-state index in [4.69, 9.17) is 9.72 Å². The minimum atomic E-state index is -1.47. The number of carbonyl (C=O) groups is 1. The number of fused-ring (bicyclic) bond motifs is 2. The topological polar surface area (TPSA) is 93.4 Å². The Hall–Kier alpha value is -6.03. The van der Waals surface area contributed by atoms with Gasteiger partial charge in [-0.1, -0.05) is 114 Å². The van der Waals surface area contributed by atoms with Crippen LogP contribution >= 0.6 is 11.8 Å². The van der Waals surface area contributed by atoms with Crippen molar-refractivity contribution < 1.29 is 14.6 Å². The summed E-state index contributed by atoms with van der Waals surface area (Å²) >= 11 is 1.44. The Morgan fingerprint density at radius 3 is 2.25 bits per heavy atom. The number of amides is 1. The van der Waals surface area contributed by atoms with E-state index in [1.807, 2.05) is 132 Å². The van der Waals surface area contributed by atoms with Gasteiger partial charge in [-0.05, 0) is 103 Å². The van der Waals surface area contributed by atoms with Gasteiger partial charge in [0.05, 0.1) is 22.7 Å². The highest BCUT2D eigenvalue weighted by atomic mass is 32.2. The molecular weight excluding hydrogens is 727 g/mol. The molecule has 9 rings (SSSR count). The van der Waals surface area contributed by atoms with Gasteiger partial charge in [-0.2, -0.15) is 0 Å². The Kier molecular flexibility index (Phi) is 9.94. The van der Waals surface area contributed by atoms with E-state index in [-0.39, 0.29) is 28.4 Å². The maximum absolute atomic E-state index is 13.7. The number of para-hydroxylation sites is 1. The van der Waals surface area contributed by atoms with Crippen molar-refractivity contribution in [3.63, 3.8) is 0 Å². The number of hydrogen-bond donors (Lipinski definition) is 1. The second-order valence-corrected chi connectivity index (χ2v) is 16.2. The van der Waals surface area contributed by atoms with Gasteiger partial charge in [-0.3, -0.25) is 9.48 Å². The highest BCUT2D eigenvalue weighted by Gasteiger charge is 2.46. The molecule has 2 saturated heterocycles. The van der Waals surface area contributed by atoms with E-state index in [0.29, 0.717) is 18.8 Å².